The minimum atomic E-state index is -0.711. The Morgan fingerprint density at radius 2 is 1.72 bits per heavy atom. The van der Waals surface area contributed by atoms with E-state index in [0.29, 0.717) is 5.56 Å². The largest absolute Gasteiger partial charge is 0.353 e. The quantitative estimate of drug-likeness (QED) is 0.697. The van der Waals surface area contributed by atoms with Gasteiger partial charge in [0.15, 0.2) is 0 Å². The van der Waals surface area contributed by atoms with Gasteiger partial charge >= 0.3 is 0 Å². The van der Waals surface area contributed by atoms with Crippen LogP contribution in [0.2, 0.25) is 0 Å². The van der Waals surface area contributed by atoms with Crippen molar-refractivity contribution in [1.29, 1.82) is 0 Å². The van der Waals surface area contributed by atoms with Crippen molar-refractivity contribution in [2.24, 2.45) is 5.73 Å². The van der Waals surface area contributed by atoms with Gasteiger partial charge in [0.1, 0.15) is 11.6 Å². The molecule has 0 radical (unpaired) electrons. The van der Waals surface area contributed by atoms with Gasteiger partial charge in [0, 0.05) is 18.7 Å². The fourth-order valence-electron chi connectivity index (χ4n) is 2.18. The maximum Gasteiger partial charge on any atom is 0.254 e. The Morgan fingerprint density at radius 3 is 2.40 bits per heavy atom. The molecule has 1 atom stereocenters. The first-order valence-corrected chi connectivity index (χ1v) is 7.76. The molecule has 0 heterocycles. The molecule has 0 spiro atoms. The topological polar surface area (TPSA) is 84.2 Å². The van der Waals surface area contributed by atoms with Crippen LogP contribution in [0.1, 0.15) is 17.3 Å². The molecule has 0 unspecified atom stereocenters. The van der Waals surface area contributed by atoms with Gasteiger partial charge in [0.05, 0.1) is 11.6 Å². The molecule has 0 fully saturated rings. The second-order valence-electron chi connectivity index (χ2n) is 5.51. The average molecular weight is 347 g/mol. The number of hydrogen-bond acceptors (Lipinski definition) is 3. The second-order valence-corrected chi connectivity index (χ2v) is 5.51. The Kier molecular flexibility index (Phi) is 6.19. The van der Waals surface area contributed by atoms with Crippen LogP contribution in [-0.4, -0.2) is 30.9 Å². The van der Waals surface area contributed by atoms with E-state index in [0.717, 1.165) is 6.07 Å². The zero-order chi connectivity index (χ0) is 18.4. The van der Waals surface area contributed by atoms with E-state index in [1.54, 1.807) is 18.2 Å². The summed E-state index contributed by atoms with van der Waals surface area (Å²) in [5.41, 5.74) is 5.87. The van der Waals surface area contributed by atoms with Crippen LogP contribution in [0.25, 0.3) is 11.1 Å². The molecule has 2 rings (SSSR count). The van der Waals surface area contributed by atoms with Crippen molar-refractivity contribution in [3.63, 3.8) is 0 Å². The van der Waals surface area contributed by atoms with Gasteiger partial charge in [-0.2, -0.15) is 0 Å². The van der Waals surface area contributed by atoms with Crippen LogP contribution in [0.3, 0.4) is 0 Å². The first-order valence-electron chi connectivity index (χ1n) is 7.76. The van der Waals surface area contributed by atoms with Crippen molar-refractivity contribution in [2.75, 3.05) is 13.1 Å². The molecular formula is C18H19F2N3O2. The number of carbonyl (C=O) groups is 2. The zero-order valence-corrected chi connectivity index (χ0v) is 13.7. The van der Waals surface area contributed by atoms with Crippen LogP contribution in [0.15, 0.2) is 42.5 Å². The number of carbonyl (C=O) groups excluding carboxylic acids is 2. The summed E-state index contributed by atoms with van der Waals surface area (Å²) < 4.78 is 27.8. The Hall–Kier alpha value is -2.80. The predicted molar refractivity (Wildman–Crippen MR) is 90.8 cm³/mol. The maximum atomic E-state index is 13.9. The third-order valence-electron chi connectivity index (χ3n) is 3.52. The number of rotatable bonds is 6. The smallest absolute Gasteiger partial charge is 0.254 e. The minimum Gasteiger partial charge on any atom is -0.353 e. The maximum absolute atomic E-state index is 13.9. The predicted octanol–water partition coefficient (Wildman–Crippen LogP) is 1.83. The Balaban J connectivity index is 2.06. The van der Waals surface area contributed by atoms with Crippen molar-refractivity contribution in [3.8, 4) is 11.1 Å². The van der Waals surface area contributed by atoms with E-state index >= 15 is 0 Å². The molecule has 0 saturated heterocycles. The summed E-state index contributed by atoms with van der Waals surface area (Å²) in [4.78, 5) is 23.4. The zero-order valence-electron chi connectivity index (χ0n) is 13.7. The van der Waals surface area contributed by atoms with Crippen LogP contribution >= 0.6 is 0 Å². The summed E-state index contributed by atoms with van der Waals surface area (Å²) in [5, 5.41) is 5.03. The fraction of sp³-hybridized carbons (Fsp3) is 0.222. The van der Waals surface area contributed by atoms with Gasteiger partial charge in [-0.15, -0.1) is 0 Å². The number of benzene rings is 2. The first kappa shape index (κ1) is 18.5. The molecule has 25 heavy (non-hydrogen) atoms. The summed E-state index contributed by atoms with van der Waals surface area (Å²) in [6.07, 6.45) is 0. The molecule has 7 heteroatoms. The van der Waals surface area contributed by atoms with E-state index < -0.39 is 23.6 Å². The molecule has 0 aliphatic heterocycles. The molecule has 2 aromatic rings. The molecule has 0 saturated carbocycles. The summed E-state index contributed by atoms with van der Waals surface area (Å²) >= 11 is 0. The highest BCUT2D eigenvalue weighted by Crippen LogP contribution is 2.24. The lowest BCUT2D eigenvalue weighted by atomic mass is 10.0. The molecule has 0 aromatic heterocycles. The average Bonchev–Trinajstić information content (AvgIpc) is 2.59. The van der Waals surface area contributed by atoms with E-state index in [4.69, 9.17) is 5.73 Å². The van der Waals surface area contributed by atoms with E-state index in [9.17, 15) is 18.4 Å². The van der Waals surface area contributed by atoms with Crippen molar-refractivity contribution < 1.29 is 18.4 Å². The third-order valence-corrected chi connectivity index (χ3v) is 3.52. The van der Waals surface area contributed by atoms with Crippen LogP contribution < -0.4 is 16.4 Å². The van der Waals surface area contributed by atoms with Gasteiger partial charge in [0.25, 0.3) is 5.91 Å². The Bertz CT molecular complexity index is 779. The Morgan fingerprint density at radius 1 is 1.04 bits per heavy atom. The van der Waals surface area contributed by atoms with Gasteiger partial charge in [-0.05, 0) is 30.7 Å². The van der Waals surface area contributed by atoms with E-state index in [1.807, 2.05) is 0 Å². The highest BCUT2D eigenvalue weighted by Gasteiger charge is 2.14. The molecule has 4 N–H and O–H groups in total. The molecule has 2 amide bonds. The van der Waals surface area contributed by atoms with Gasteiger partial charge < -0.3 is 16.4 Å². The lowest BCUT2D eigenvalue weighted by Crippen LogP contribution is -2.42. The molecule has 2 aromatic carbocycles. The van der Waals surface area contributed by atoms with Crippen molar-refractivity contribution >= 4 is 11.8 Å². The summed E-state index contributed by atoms with van der Waals surface area (Å²) in [6, 6.07) is 9.22. The molecule has 132 valence electrons. The SMILES string of the molecule is C[C@H](N)C(=O)NCCNC(=O)c1cc(-c2ccccc2F)ccc1F. The lowest BCUT2D eigenvalue weighted by molar-refractivity contribution is -0.121. The monoisotopic (exact) mass is 347 g/mol. The van der Waals surface area contributed by atoms with Gasteiger partial charge in [-0.25, -0.2) is 8.78 Å². The summed E-state index contributed by atoms with van der Waals surface area (Å²) in [7, 11) is 0. The van der Waals surface area contributed by atoms with Crippen molar-refractivity contribution in [2.45, 2.75) is 13.0 Å². The standard InChI is InChI=1S/C18H19F2N3O2/c1-11(21)17(24)22-8-9-23-18(25)14-10-12(6-7-16(14)20)13-4-2-3-5-15(13)19/h2-7,10-11H,8-9,21H2,1H3,(H,22,24)(H,23,25)/t11-/m0/s1. The highest BCUT2D eigenvalue weighted by atomic mass is 19.1. The van der Waals surface area contributed by atoms with E-state index in [-0.39, 0.29) is 30.1 Å². The lowest BCUT2D eigenvalue weighted by Gasteiger charge is -2.10. The normalized spacial score (nSPS) is 11.7. The summed E-state index contributed by atoms with van der Waals surface area (Å²) in [6.45, 7) is 1.82. The molecule has 5 nitrogen and oxygen atoms in total. The highest BCUT2D eigenvalue weighted by molar-refractivity contribution is 5.95. The molecule has 0 aliphatic rings. The minimum absolute atomic E-state index is 0.112. The van der Waals surface area contributed by atoms with Crippen molar-refractivity contribution in [3.05, 3.63) is 59.7 Å². The second kappa shape index (κ2) is 8.34. The molecule has 0 bridgehead atoms. The fourth-order valence-corrected chi connectivity index (χ4v) is 2.18. The number of nitrogens with one attached hydrogen (secondary N) is 2. The third kappa shape index (κ3) is 4.84. The van der Waals surface area contributed by atoms with Crippen LogP contribution in [0.5, 0.6) is 0 Å². The number of nitrogens with two attached hydrogens (primary N) is 1. The van der Waals surface area contributed by atoms with E-state index in [1.165, 1.54) is 25.1 Å². The number of hydrogen-bond donors (Lipinski definition) is 3. The first-order chi connectivity index (χ1) is 11.9. The molecular weight excluding hydrogens is 328 g/mol. The van der Waals surface area contributed by atoms with Gasteiger partial charge in [-0.1, -0.05) is 24.3 Å². The van der Waals surface area contributed by atoms with Crippen LogP contribution in [0, 0.1) is 11.6 Å². The van der Waals surface area contributed by atoms with Crippen molar-refractivity contribution in [1.82, 2.24) is 10.6 Å². The number of halogens is 2. The van der Waals surface area contributed by atoms with Gasteiger partial charge in [0.2, 0.25) is 5.91 Å². The van der Waals surface area contributed by atoms with Crippen LogP contribution in [-0.2, 0) is 4.79 Å². The summed E-state index contributed by atoms with van der Waals surface area (Å²) in [5.74, 6) is -2.16. The van der Waals surface area contributed by atoms with Gasteiger partial charge in [-0.3, -0.25) is 9.59 Å². The van der Waals surface area contributed by atoms with Crippen LogP contribution in [0.4, 0.5) is 8.78 Å². The molecule has 0 aliphatic carbocycles. The van der Waals surface area contributed by atoms with E-state index in [2.05, 4.69) is 10.6 Å². The number of amides is 2. The Labute approximate surface area is 144 Å².